The summed E-state index contributed by atoms with van der Waals surface area (Å²) < 4.78 is 36.4. The van der Waals surface area contributed by atoms with E-state index in [1.54, 1.807) is 0 Å². The van der Waals surface area contributed by atoms with Gasteiger partial charge in [0.15, 0.2) is 9.84 Å². The molecule has 2 N–H and O–H groups in total. The van der Waals surface area contributed by atoms with Gasteiger partial charge in [-0.25, -0.2) is 12.8 Å². The first kappa shape index (κ1) is 14.0. The van der Waals surface area contributed by atoms with E-state index in [9.17, 15) is 17.6 Å². The van der Waals surface area contributed by atoms with E-state index in [2.05, 4.69) is 10.6 Å². The Morgan fingerprint density at radius 3 is 2.79 bits per heavy atom. The third kappa shape index (κ3) is 3.30. The molecule has 1 fully saturated rings. The number of anilines is 1. The van der Waals surface area contributed by atoms with Gasteiger partial charge in [0.05, 0.1) is 16.6 Å². The molecule has 1 aliphatic heterocycles. The Bertz CT molecular complexity index is 595. The van der Waals surface area contributed by atoms with Crippen molar-refractivity contribution in [3.8, 4) is 0 Å². The van der Waals surface area contributed by atoms with E-state index in [0.717, 1.165) is 31.4 Å². The van der Waals surface area contributed by atoms with E-state index >= 15 is 0 Å². The maximum atomic E-state index is 13.6. The van der Waals surface area contributed by atoms with Crippen LogP contribution in [0, 0.1) is 5.82 Å². The molecule has 0 bridgehead atoms. The molecular formula is C12H15FN2O3S. The standard InChI is InChI=1S/C12H15FN2O3S/c1-19(17,18)8-4-5-9(13)11(7-8)15-12(16)10-3-2-6-14-10/h4-5,7,10,14H,2-3,6H2,1H3,(H,15,16). The molecule has 1 aromatic carbocycles. The normalized spacial score (nSPS) is 19.4. The summed E-state index contributed by atoms with van der Waals surface area (Å²) in [4.78, 5) is 11.8. The Hall–Kier alpha value is -1.47. The lowest BCUT2D eigenvalue weighted by atomic mass is 10.2. The molecule has 1 aliphatic rings. The summed E-state index contributed by atoms with van der Waals surface area (Å²) in [5.74, 6) is -0.999. The van der Waals surface area contributed by atoms with Gasteiger partial charge in [-0.15, -0.1) is 0 Å². The topological polar surface area (TPSA) is 75.3 Å². The highest BCUT2D eigenvalue weighted by molar-refractivity contribution is 7.90. The first-order valence-electron chi connectivity index (χ1n) is 5.92. The summed E-state index contributed by atoms with van der Waals surface area (Å²) >= 11 is 0. The lowest BCUT2D eigenvalue weighted by Crippen LogP contribution is -2.35. The molecule has 7 heteroatoms. The van der Waals surface area contributed by atoms with Crippen molar-refractivity contribution >= 4 is 21.4 Å². The van der Waals surface area contributed by atoms with Gasteiger partial charge in [0.2, 0.25) is 5.91 Å². The van der Waals surface area contributed by atoms with Gasteiger partial charge in [-0.2, -0.15) is 0 Å². The van der Waals surface area contributed by atoms with Gasteiger partial charge in [-0.3, -0.25) is 4.79 Å². The summed E-state index contributed by atoms with van der Waals surface area (Å²) in [5, 5.41) is 5.41. The zero-order valence-electron chi connectivity index (χ0n) is 10.4. The molecule has 104 valence electrons. The summed E-state index contributed by atoms with van der Waals surface area (Å²) in [6, 6.07) is 3.00. The molecule has 5 nitrogen and oxygen atoms in total. The van der Waals surface area contributed by atoms with E-state index in [1.165, 1.54) is 6.07 Å². The second-order valence-corrected chi connectivity index (χ2v) is 6.57. The first-order valence-corrected chi connectivity index (χ1v) is 7.81. The Morgan fingerprint density at radius 2 is 2.21 bits per heavy atom. The molecule has 2 rings (SSSR count). The molecule has 0 aromatic heterocycles. The Balaban J connectivity index is 2.22. The van der Waals surface area contributed by atoms with Crippen LogP contribution in [0.4, 0.5) is 10.1 Å². The number of carbonyl (C=O) groups is 1. The smallest absolute Gasteiger partial charge is 0.241 e. The molecule has 1 aromatic rings. The molecule has 1 heterocycles. The van der Waals surface area contributed by atoms with Gasteiger partial charge in [-0.1, -0.05) is 0 Å². The predicted octanol–water partition coefficient (Wildman–Crippen LogP) is 0.920. The molecule has 1 atom stereocenters. The van der Waals surface area contributed by atoms with Crippen LogP contribution in [0.15, 0.2) is 23.1 Å². The highest BCUT2D eigenvalue weighted by Crippen LogP contribution is 2.20. The van der Waals surface area contributed by atoms with E-state index in [1.807, 2.05) is 0 Å². The number of nitrogens with one attached hydrogen (secondary N) is 2. The molecule has 0 aliphatic carbocycles. The van der Waals surface area contributed by atoms with Crippen LogP contribution in [0.1, 0.15) is 12.8 Å². The summed E-state index contributed by atoms with van der Waals surface area (Å²) in [5.41, 5.74) is -0.110. The molecule has 1 saturated heterocycles. The van der Waals surface area contributed by atoms with E-state index in [0.29, 0.717) is 6.42 Å². The zero-order valence-corrected chi connectivity index (χ0v) is 11.3. The van der Waals surface area contributed by atoms with E-state index in [4.69, 9.17) is 0 Å². The lowest BCUT2D eigenvalue weighted by molar-refractivity contribution is -0.117. The third-order valence-corrected chi connectivity index (χ3v) is 4.11. The Morgan fingerprint density at radius 1 is 1.47 bits per heavy atom. The Kier molecular flexibility index (Phi) is 3.86. The van der Waals surface area contributed by atoms with Crippen LogP contribution in [0.25, 0.3) is 0 Å². The minimum absolute atomic E-state index is 0.0245. The van der Waals surface area contributed by atoms with Crippen LogP contribution >= 0.6 is 0 Å². The number of hydrogen-bond donors (Lipinski definition) is 2. The monoisotopic (exact) mass is 286 g/mol. The maximum absolute atomic E-state index is 13.6. The summed E-state index contributed by atoms with van der Waals surface area (Å²) in [6.45, 7) is 0.754. The summed E-state index contributed by atoms with van der Waals surface area (Å²) in [6.07, 6.45) is 2.62. The SMILES string of the molecule is CS(=O)(=O)c1ccc(F)c(NC(=O)C2CCCN2)c1. The number of hydrogen-bond acceptors (Lipinski definition) is 4. The number of carbonyl (C=O) groups excluding carboxylic acids is 1. The van der Waals surface area contributed by atoms with Crippen molar-refractivity contribution in [2.45, 2.75) is 23.8 Å². The third-order valence-electron chi connectivity index (χ3n) is 3.00. The fourth-order valence-corrected chi connectivity index (χ4v) is 2.61. The van der Waals surface area contributed by atoms with Gasteiger partial charge in [0.25, 0.3) is 0 Å². The molecule has 1 amide bonds. The zero-order chi connectivity index (χ0) is 14.0. The highest BCUT2D eigenvalue weighted by Gasteiger charge is 2.23. The molecule has 0 radical (unpaired) electrons. The van der Waals surface area contributed by atoms with Gasteiger partial charge in [0, 0.05) is 6.26 Å². The predicted molar refractivity (Wildman–Crippen MR) is 69.2 cm³/mol. The van der Waals surface area contributed by atoms with Gasteiger partial charge >= 0.3 is 0 Å². The first-order chi connectivity index (χ1) is 8.88. The molecule has 0 spiro atoms. The second-order valence-electron chi connectivity index (χ2n) is 4.55. The molecule has 0 saturated carbocycles. The van der Waals surface area contributed by atoms with Crippen LogP contribution in [0.3, 0.4) is 0 Å². The van der Waals surface area contributed by atoms with E-state index < -0.39 is 15.7 Å². The van der Waals surface area contributed by atoms with Crippen molar-refractivity contribution < 1.29 is 17.6 Å². The van der Waals surface area contributed by atoms with Crippen molar-refractivity contribution in [3.05, 3.63) is 24.0 Å². The van der Waals surface area contributed by atoms with Gasteiger partial charge in [-0.05, 0) is 37.6 Å². The number of rotatable bonds is 3. The minimum atomic E-state index is -3.43. The summed E-state index contributed by atoms with van der Waals surface area (Å²) in [7, 11) is -3.43. The lowest BCUT2D eigenvalue weighted by Gasteiger charge is -2.12. The fourth-order valence-electron chi connectivity index (χ4n) is 1.96. The van der Waals surface area contributed by atoms with E-state index in [-0.39, 0.29) is 22.5 Å². The average molecular weight is 286 g/mol. The Labute approximate surface area is 111 Å². The molecular weight excluding hydrogens is 271 g/mol. The van der Waals surface area contributed by atoms with Crippen molar-refractivity contribution in [3.63, 3.8) is 0 Å². The number of amides is 1. The van der Waals surface area contributed by atoms with Crippen molar-refractivity contribution in [1.29, 1.82) is 0 Å². The average Bonchev–Trinajstić information content (AvgIpc) is 2.84. The number of benzene rings is 1. The van der Waals surface area contributed by atoms with Crippen LogP contribution < -0.4 is 10.6 Å². The second kappa shape index (κ2) is 5.26. The van der Waals surface area contributed by atoms with Crippen molar-refractivity contribution in [2.24, 2.45) is 0 Å². The van der Waals surface area contributed by atoms with Crippen molar-refractivity contribution in [1.82, 2.24) is 5.32 Å². The van der Waals surface area contributed by atoms with Gasteiger partial charge in [0.1, 0.15) is 5.82 Å². The maximum Gasteiger partial charge on any atom is 0.241 e. The highest BCUT2D eigenvalue weighted by atomic mass is 32.2. The minimum Gasteiger partial charge on any atom is -0.322 e. The quantitative estimate of drug-likeness (QED) is 0.810. The van der Waals surface area contributed by atoms with Crippen LogP contribution in [0.5, 0.6) is 0 Å². The van der Waals surface area contributed by atoms with Crippen LogP contribution in [-0.4, -0.2) is 33.2 Å². The van der Waals surface area contributed by atoms with Crippen LogP contribution in [0.2, 0.25) is 0 Å². The fraction of sp³-hybridized carbons (Fsp3) is 0.417. The number of sulfone groups is 1. The van der Waals surface area contributed by atoms with Gasteiger partial charge < -0.3 is 10.6 Å². The van der Waals surface area contributed by atoms with Crippen LogP contribution in [-0.2, 0) is 14.6 Å². The molecule has 19 heavy (non-hydrogen) atoms. The molecule has 1 unspecified atom stereocenters. The van der Waals surface area contributed by atoms with Crippen molar-refractivity contribution in [2.75, 3.05) is 18.1 Å². The number of halogens is 1. The largest absolute Gasteiger partial charge is 0.322 e.